The first-order valence-electron chi connectivity index (χ1n) is 7.04. The van der Waals surface area contributed by atoms with Crippen molar-refractivity contribution >= 4 is 17.4 Å². The van der Waals surface area contributed by atoms with E-state index >= 15 is 0 Å². The quantitative estimate of drug-likeness (QED) is 0.759. The fraction of sp³-hybridized carbons (Fsp3) is 0.235. The first-order valence-corrected chi connectivity index (χ1v) is 7.04. The molecule has 5 heteroatoms. The number of ether oxygens (including phenoxy) is 1. The highest BCUT2D eigenvalue weighted by atomic mass is 16.5. The third-order valence-corrected chi connectivity index (χ3v) is 3.58. The molecule has 0 spiro atoms. The Morgan fingerprint density at radius 3 is 2.50 bits per heavy atom. The van der Waals surface area contributed by atoms with Crippen molar-refractivity contribution in [2.45, 2.75) is 20.4 Å². The Bertz CT molecular complexity index is 663. The van der Waals surface area contributed by atoms with Gasteiger partial charge in [-0.3, -0.25) is 0 Å². The molecule has 116 valence electrons. The van der Waals surface area contributed by atoms with Gasteiger partial charge in [0.2, 0.25) is 0 Å². The van der Waals surface area contributed by atoms with Gasteiger partial charge >= 0.3 is 6.03 Å². The number of hydrogen-bond acceptors (Lipinski definition) is 3. The number of urea groups is 1. The third-order valence-electron chi connectivity index (χ3n) is 3.58. The SMILES string of the molecule is COc1ccc(N)c(NC(=O)NCc2c(C)cccc2C)c1. The number of carbonyl (C=O) groups is 1. The topological polar surface area (TPSA) is 76.4 Å². The van der Waals surface area contributed by atoms with E-state index in [1.807, 2.05) is 32.0 Å². The molecular weight excluding hydrogens is 278 g/mol. The molecule has 2 amide bonds. The summed E-state index contributed by atoms with van der Waals surface area (Å²) in [6.07, 6.45) is 0. The summed E-state index contributed by atoms with van der Waals surface area (Å²) in [5.41, 5.74) is 10.3. The van der Waals surface area contributed by atoms with Crippen molar-refractivity contribution in [1.82, 2.24) is 5.32 Å². The maximum absolute atomic E-state index is 12.0. The largest absolute Gasteiger partial charge is 0.497 e. The third kappa shape index (κ3) is 3.69. The number of rotatable bonds is 4. The van der Waals surface area contributed by atoms with Gasteiger partial charge in [0.1, 0.15) is 5.75 Å². The van der Waals surface area contributed by atoms with Crippen LogP contribution in [-0.2, 0) is 6.54 Å². The molecule has 0 aromatic heterocycles. The van der Waals surface area contributed by atoms with Gasteiger partial charge in [-0.15, -0.1) is 0 Å². The summed E-state index contributed by atoms with van der Waals surface area (Å²) in [7, 11) is 1.57. The lowest BCUT2D eigenvalue weighted by atomic mass is 10.0. The van der Waals surface area contributed by atoms with Gasteiger partial charge in [0.05, 0.1) is 18.5 Å². The molecule has 0 saturated carbocycles. The van der Waals surface area contributed by atoms with Crippen molar-refractivity contribution in [2.24, 2.45) is 0 Å². The molecule has 0 aliphatic heterocycles. The zero-order valence-corrected chi connectivity index (χ0v) is 13.1. The number of amides is 2. The summed E-state index contributed by atoms with van der Waals surface area (Å²) in [6.45, 7) is 4.53. The highest BCUT2D eigenvalue weighted by molar-refractivity contribution is 5.92. The summed E-state index contributed by atoms with van der Waals surface area (Å²) in [5, 5.41) is 5.59. The summed E-state index contributed by atoms with van der Waals surface area (Å²) in [5.74, 6) is 0.638. The molecule has 0 bridgehead atoms. The van der Waals surface area contributed by atoms with Crippen molar-refractivity contribution < 1.29 is 9.53 Å². The Labute approximate surface area is 130 Å². The van der Waals surface area contributed by atoms with E-state index in [4.69, 9.17) is 10.5 Å². The Kier molecular flexibility index (Phi) is 4.88. The van der Waals surface area contributed by atoms with Gasteiger partial charge in [-0.2, -0.15) is 0 Å². The lowest BCUT2D eigenvalue weighted by Crippen LogP contribution is -2.29. The lowest BCUT2D eigenvalue weighted by Gasteiger charge is -2.13. The minimum atomic E-state index is -0.303. The predicted molar refractivity (Wildman–Crippen MR) is 89.2 cm³/mol. The van der Waals surface area contributed by atoms with E-state index in [-0.39, 0.29) is 6.03 Å². The highest BCUT2D eigenvalue weighted by Crippen LogP contribution is 2.24. The van der Waals surface area contributed by atoms with E-state index in [1.165, 1.54) is 0 Å². The van der Waals surface area contributed by atoms with Gasteiger partial charge in [-0.1, -0.05) is 18.2 Å². The maximum Gasteiger partial charge on any atom is 0.319 e. The molecule has 2 rings (SSSR count). The first kappa shape index (κ1) is 15.7. The summed E-state index contributed by atoms with van der Waals surface area (Å²) in [4.78, 5) is 12.0. The van der Waals surface area contributed by atoms with Crippen LogP contribution in [0.5, 0.6) is 5.75 Å². The normalized spacial score (nSPS) is 10.1. The zero-order valence-electron chi connectivity index (χ0n) is 13.1. The van der Waals surface area contributed by atoms with E-state index < -0.39 is 0 Å². The lowest BCUT2D eigenvalue weighted by molar-refractivity contribution is 0.251. The molecule has 0 unspecified atom stereocenters. The number of nitrogen functional groups attached to an aromatic ring is 1. The number of nitrogens with two attached hydrogens (primary N) is 1. The van der Waals surface area contributed by atoms with Crippen molar-refractivity contribution in [2.75, 3.05) is 18.2 Å². The van der Waals surface area contributed by atoms with Crippen LogP contribution >= 0.6 is 0 Å². The number of aryl methyl sites for hydroxylation is 2. The average molecular weight is 299 g/mol. The zero-order chi connectivity index (χ0) is 16.1. The number of benzene rings is 2. The molecule has 0 atom stereocenters. The van der Waals surface area contributed by atoms with Crippen LogP contribution < -0.4 is 21.1 Å². The molecular formula is C17H21N3O2. The van der Waals surface area contributed by atoms with E-state index in [0.29, 0.717) is 23.7 Å². The molecule has 0 aliphatic carbocycles. The molecule has 0 saturated heterocycles. The number of anilines is 2. The van der Waals surface area contributed by atoms with E-state index in [2.05, 4.69) is 10.6 Å². The predicted octanol–water partition coefficient (Wildman–Crippen LogP) is 3.22. The second kappa shape index (κ2) is 6.85. The van der Waals surface area contributed by atoms with Crippen LogP contribution in [0.4, 0.5) is 16.2 Å². The number of nitrogens with one attached hydrogen (secondary N) is 2. The van der Waals surface area contributed by atoms with Crippen LogP contribution in [-0.4, -0.2) is 13.1 Å². The van der Waals surface area contributed by atoms with E-state index in [0.717, 1.165) is 16.7 Å². The van der Waals surface area contributed by atoms with Gasteiger partial charge < -0.3 is 21.1 Å². The van der Waals surface area contributed by atoms with Gasteiger partial charge in [-0.25, -0.2) is 4.79 Å². The standard InChI is InChI=1S/C17H21N3O2/c1-11-5-4-6-12(2)14(11)10-19-17(21)20-16-9-13(22-3)7-8-15(16)18/h4-9H,10,18H2,1-3H3,(H2,19,20,21). The van der Waals surface area contributed by atoms with Crippen LogP contribution in [0.15, 0.2) is 36.4 Å². The minimum Gasteiger partial charge on any atom is -0.497 e. The van der Waals surface area contributed by atoms with Crippen molar-refractivity contribution in [1.29, 1.82) is 0 Å². The Balaban J connectivity index is 2.02. The Morgan fingerprint density at radius 2 is 1.86 bits per heavy atom. The van der Waals surface area contributed by atoms with Crippen molar-refractivity contribution in [3.8, 4) is 5.75 Å². The second-order valence-corrected chi connectivity index (χ2v) is 5.13. The molecule has 5 nitrogen and oxygen atoms in total. The molecule has 0 radical (unpaired) electrons. The molecule has 0 heterocycles. The average Bonchev–Trinajstić information content (AvgIpc) is 2.49. The van der Waals surface area contributed by atoms with Gasteiger partial charge in [0, 0.05) is 12.6 Å². The Hall–Kier alpha value is -2.69. The number of methoxy groups -OCH3 is 1. The highest BCUT2D eigenvalue weighted by Gasteiger charge is 2.08. The minimum absolute atomic E-state index is 0.303. The summed E-state index contributed by atoms with van der Waals surface area (Å²) < 4.78 is 5.12. The fourth-order valence-corrected chi connectivity index (χ4v) is 2.23. The molecule has 0 aliphatic rings. The molecule has 2 aromatic rings. The summed E-state index contributed by atoms with van der Waals surface area (Å²) >= 11 is 0. The number of carbonyl (C=O) groups excluding carboxylic acids is 1. The molecule has 0 fully saturated rings. The molecule has 4 N–H and O–H groups in total. The maximum atomic E-state index is 12.0. The summed E-state index contributed by atoms with van der Waals surface area (Å²) in [6, 6.07) is 10.9. The second-order valence-electron chi connectivity index (χ2n) is 5.13. The fourth-order valence-electron chi connectivity index (χ4n) is 2.23. The van der Waals surface area contributed by atoms with Crippen LogP contribution in [0, 0.1) is 13.8 Å². The first-order chi connectivity index (χ1) is 10.5. The Morgan fingerprint density at radius 1 is 1.18 bits per heavy atom. The van der Waals surface area contributed by atoms with Crippen LogP contribution in [0.3, 0.4) is 0 Å². The monoisotopic (exact) mass is 299 g/mol. The van der Waals surface area contributed by atoms with E-state index in [9.17, 15) is 4.79 Å². The molecule has 2 aromatic carbocycles. The van der Waals surface area contributed by atoms with Crippen LogP contribution in [0.1, 0.15) is 16.7 Å². The molecule has 22 heavy (non-hydrogen) atoms. The number of hydrogen-bond donors (Lipinski definition) is 3. The van der Waals surface area contributed by atoms with Crippen LogP contribution in [0.2, 0.25) is 0 Å². The van der Waals surface area contributed by atoms with E-state index in [1.54, 1.807) is 25.3 Å². The van der Waals surface area contributed by atoms with Crippen molar-refractivity contribution in [3.05, 3.63) is 53.1 Å². The smallest absolute Gasteiger partial charge is 0.319 e. The van der Waals surface area contributed by atoms with Gasteiger partial charge in [0.25, 0.3) is 0 Å². The van der Waals surface area contributed by atoms with Crippen LogP contribution in [0.25, 0.3) is 0 Å². The van der Waals surface area contributed by atoms with Gasteiger partial charge in [-0.05, 0) is 42.7 Å². The van der Waals surface area contributed by atoms with Gasteiger partial charge in [0.15, 0.2) is 0 Å². The van der Waals surface area contributed by atoms with Crippen molar-refractivity contribution in [3.63, 3.8) is 0 Å².